The molecule has 0 radical (unpaired) electrons. The molecule has 2 aromatic heterocycles. The van der Waals surface area contributed by atoms with Crippen molar-refractivity contribution in [3.63, 3.8) is 0 Å². The minimum absolute atomic E-state index is 0.0257. The second-order valence-corrected chi connectivity index (χ2v) is 10.7. The maximum atomic E-state index is 12.8. The predicted molar refractivity (Wildman–Crippen MR) is 143 cm³/mol. The summed E-state index contributed by atoms with van der Waals surface area (Å²) in [5.41, 5.74) is 1.86. The van der Waals surface area contributed by atoms with Crippen LogP contribution in [0, 0.1) is 0 Å². The van der Waals surface area contributed by atoms with Gasteiger partial charge in [-0.05, 0) is 56.4 Å². The summed E-state index contributed by atoms with van der Waals surface area (Å²) in [5.74, 6) is 0.381. The lowest BCUT2D eigenvalue weighted by Crippen LogP contribution is -2.45. The lowest BCUT2D eigenvalue weighted by atomic mass is 10.3. The van der Waals surface area contributed by atoms with Crippen LogP contribution in [-0.2, 0) is 10.1 Å². The zero-order valence-electron chi connectivity index (χ0n) is 21.0. The number of carbonyl (C=O) groups is 1. The fourth-order valence-electron chi connectivity index (χ4n) is 4.20. The van der Waals surface area contributed by atoms with Crippen molar-refractivity contribution >= 4 is 33.1 Å². The fourth-order valence-corrected chi connectivity index (χ4v) is 5.12. The van der Waals surface area contributed by atoms with Crippen molar-refractivity contribution in [2.24, 2.45) is 0 Å². The Kier molecular flexibility index (Phi) is 7.58. The van der Waals surface area contributed by atoms with E-state index in [1.165, 1.54) is 24.3 Å². The number of benzene rings is 2. The van der Waals surface area contributed by atoms with Gasteiger partial charge < -0.3 is 28.9 Å². The first-order chi connectivity index (χ1) is 18.4. The number of aromatic amines is 1. The van der Waals surface area contributed by atoms with Crippen LogP contribution in [0.4, 0.5) is 10.7 Å². The molecule has 2 amide bonds. The fraction of sp³-hybridized carbons (Fsp3) is 0.320. The van der Waals surface area contributed by atoms with Gasteiger partial charge in [0.05, 0.1) is 17.4 Å². The highest BCUT2D eigenvalue weighted by Gasteiger charge is 2.18. The number of fused-ring (bicyclic) bond motifs is 1. The van der Waals surface area contributed by atoms with Crippen molar-refractivity contribution in [1.29, 1.82) is 0 Å². The van der Waals surface area contributed by atoms with Crippen LogP contribution in [0.3, 0.4) is 0 Å². The average Bonchev–Trinajstić information content (AvgIpc) is 3.57. The lowest BCUT2D eigenvalue weighted by Gasteiger charge is -2.32. The van der Waals surface area contributed by atoms with Gasteiger partial charge in [-0.15, -0.1) is 0 Å². The summed E-state index contributed by atoms with van der Waals surface area (Å²) in [6.07, 6.45) is 5.89. The van der Waals surface area contributed by atoms with Crippen LogP contribution in [0.5, 0.6) is 5.75 Å². The third kappa shape index (κ3) is 6.30. The molecule has 4 aromatic rings. The van der Waals surface area contributed by atoms with Gasteiger partial charge in [0.25, 0.3) is 0 Å². The number of hydrogen-bond donors (Lipinski definition) is 3. The van der Waals surface area contributed by atoms with Crippen molar-refractivity contribution in [2.75, 3.05) is 51.6 Å². The van der Waals surface area contributed by atoms with Gasteiger partial charge in [0.15, 0.2) is 0 Å². The molecule has 2 aromatic carbocycles. The molecule has 12 nitrogen and oxygen atoms in total. The molecule has 0 spiro atoms. The Bertz CT molecular complexity index is 1480. The molecule has 0 saturated carbocycles. The quantitative estimate of drug-likeness (QED) is 0.218. The zero-order chi connectivity index (χ0) is 26.5. The Hall–Kier alpha value is -3.94. The number of nitrogens with zero attached hydrogens (tertiary/aromatic N) is 5. The number of nitrogens with one attached hydrogen (secondary N) is 3. The van der Waals surface area contributed by atoms with Crippen LogP contribution < -0.4 is 14.8 Å². The van der Waals surface area contributed by atoms with E-state index in [1.807, 2.05) is 0 Å². The number of urea groups is 1. The van der Waals surface area contributed by atoms with Crippen LogP contribution in [0.15, 0.2) is 66.1 Å². The third-order valence-corrected chi connectivity index (χ3v) is 7.61. The molecule has 5 rings (SSSR count). The molecule has 1 aliphatic heterocycles. The maximum Gasteiger partial charge on any atom is 0.339 e. The topological polar surface area (TPSA) is 137 Å². The molecule has 200 valence electrons. The molecule has 38 heavy (non-hydrogen) atoms. The molecule has 3 N–H and O–H groups in total. The monoisotopic (exact) mass is 538 g/mol. The number of hydrogen-bond acceptors (Lipinski definition) is 8. The van der Waals surface area contributed by atoms with E-state index in [0.717, 1.165) is 44.8 Å². The summed E-state index contributed by atoms with van der Waals surface area (Å²) >= 11 is 0. The van der Waals surface area contributed by atoms with Crippen molar-refractivity contribution in [2.45, 2.75) is 11.3 Å². The number of imidazole rings is 2. The molecule has 0 bridgehead atoms. The van der Waals surface area contributed by atoms with Crippen LogP contribution in [0.1, 0.15) is 6.42 Å². The van der Waals surface area contributed by atoms with Crippen molar-refractivity contribution in [1.82, 2.24) is 34.6 Å². The Morgan fingerprint density at radius 2 is 1.89 bits per heavy atom. The molecule has 0 atom stereocenters. The van der Waals surface area contributed by atoms with E-state index in [2.05, 4.69) is 42.4 Å². The smallest absolute Gasteiger partial charge is 0.339 e. The third-order valence-electron chi connectivity index (χ3n) is 6.35. The maximum absolute atomic E-state index is 12.8. The number of amides is 2. The summed E-state index contributed by atoms with van der Waals surface area (Å²) in [6, 6.07) is 10.6. The van der Waals surface area contributed by atoms with Gasteiger partial charge in [0, 0.05) is 56.9 Å². The highest BCUT2D eigenvalue weighted by atomic mass is 32.2. The molecule has 0 aliphatic carbocycles. The van der Waals surface area contributed by atoms with E-state index < -0.39 is 10.1 Å². The number of likely N-dealkylation sites (N-methyl/N-ethyl adjacent to an activating group) is 1. The molecule has 1 aliphatic rings. The molecule has 0 unspecified atom stereocenters. The molecule has 13 heteroatoms. The normalized spacial score (nSPS) is 15.0. The van der Waals surface area contributed by atoms with Crippen LogP contribution in [0.25, 0.3) is 16.7 Å². The van der Waals surface area contributed by atoms with Gasteiger partial charge in [0.2, 0.25) is 5.95 Å². The van der Waals surface area contributed by atoms with E-state index in [0.29, 0.717) is 17.6 Å². The standard InChI is InChI=1S/C25H30N8O4S/c1-31-13-15-32(16-14-31)11-2-9-27-25(34)30-24-28-22-8-5-20(17-23(22)29-24)37-38(35,36)21-6-3-19(4-7-21)33-12-10-26-18-33/h3-8,10,12,17-18H,2,9,11,13-16H2,1H3,(H3,27,28,29,30,34). The van der Waals surface area contributed by atoms with Gasteiger partial charge in [-0.3, -0.25) is 5.32 Å². The van der Waals surface area contributed by atoms with Crippen molar-refractivity contribution < 1.29 is 17.4 Å². The number of H-pyrrole nitrogens is 1. The van der Waals surface area contributed by atoms with Crippen molar-refractivity contribution in [3.8, 4) is 11.4 Å². The lowest BCUT2D eigenvalue weighted by molar-refractivity contribution is 0.153. The Balaban J connectivity index is 1.14. The minimum Gasteiger partial charge on any atom is -0.379 e. The first kappa shape index (κ1) is 25.7. The number of rotatable bonds is 9. The Morgan fingerprint density at radius 3 is 2.63 bits per heavy atom. The molecular weight excluding hydrogens is 508 g/mol. The zero-order valence-corrected chi connectivity index (χ0v) is 21.8. The molecular formula is C25H30N8O4S. The average molecular weight is 539 g/mol. The van der Waals surface area contributed by atoms with E-state index >= 15 is 0 Å². The van der Waals surface area contributed by atoms with E-state index in [-0.39, 0.29) is 22.6 Å². The predicted octanol–water partition coefficient (Wildman–Crippen LogP) is 2.28. The second-order valence-electron chi connectivity index (χ2n) is 9.15. The highest BCUT2D eigenvalue weighted by molar-refractivity contribution is 7.87. The van der Waals surface area contributed by atoms with Crippen LogP contribution >= 0.6 is 0 Å². The van der Waals surface area contributed by atoms with E-state index in [9.17, 15) is 13.2 Å². The minimum atomic E-state index is -4.05. The molecule has 1 saturated heterocycles. The molecule has 1 fully saturated rings. The first-order valence-corrected chi connectivity index (χ1v) is 13.7. The van der Waals surface area contributed by atoms with Gasteiger partial charge in [0.1, 0.15) is 10.6 Å². The van der Waals surface area contributed by atoms with Crippen molar-refractivity contribution in [3.05, 3.63) is 61.2 Å². The van der Waals surface area contributed by atoms with Gasteiger partial charge in [-0.1, -0.05) is 0 Å². The SMILES string of the molecule is CN1CCN(CCCNC(=O)Nc2nc3ccc(OS(=O)(=O)c4ccc(-n5ccnc5)cc4)cc3[nH]2)CC1. The second kappa shape index (κ2) is 11.2. The summed E-state index contributed by atoms with van der Waals surface area (Å²) in [6.45, 7) is 5.73. The number of piperazine rings is 1. The largest absolute Gasteiger partial charge is 0.379 e. The summed E-state index contributed by atoms with van der Waals surface area (Å²) in [5, 5.41) is 5.52. The summed E-state index contributed by atoms with van der Waals surface area (Å²) in [7, 11) is -1.92. The van der Waals surface area contributed by atoms with E-state index in [4.69, 9.17) is 4.18 Å². The van der Waals surface area contributed by atoms with Crippen LogP contribution in [-0.4, -0.2) is 90.1 Å². The molecule has 3 heterocycles. The van der Waals surface area contributed by atoms with E-state index in [1.54, 1.807) is 41.5 Å². The first-order valence-electron chi connectivity index (χ1n) is 12.3. The number of aromatic nitrogens is 4. The van der Waals surface area contributed by atoms with Crippen LogP contribution in [0.2, 0.25) is 0 Å². The number of anilines is 1. The summed E-state index contributed by atoms with van der Waals surface area (Å²) in [4.78, 5) is 28.3. The number of carbonyl (C=O) groups excluding carboxylic acids is 1. The van der Waals surface area contributed by atoms with Gasteiger partial charge >= 0.3 is 16.1 Å². The van der Waals surface area contributed by atoms with Gasteiger partial charge in [-0.2, -0.15) is 8.42 Å². The summed E-state index contributed by atoms with van der Waals surface area (Å²) < 4.78 is 32.7. The Morgan fingerprint density at radius 1 is 1.11 bits per heavy atom. The van der Waals surface area contributed by atoms with Gasteiger partial charge in [-0.25, -0.2) is 14.8 Å². The Labute approximate surface area is 220 Å². The highest BCUT2D eigenvalue weighted by Crippen LogP contribution is 2.24.